The summed E-state index contributed by atoms with van der Waals surface area (Å²) in [5.41, 5.74) is 0. The van der Waals surface area contributed by atoms with E-state index < -0.39 is 25.1 Å². The summed E-state index contributed by atoms with van der Waals surface area (Å²) in [6.07, 6.45) is 0. The molecular weight excluding hydrogens is 221 g/mol. The number of hydrogen-bond acceptors (Lipinski definition) is 7. The molecule has 1 heterocycles. The number of hydrogen-bond donors (Lipinski definition) is 6. The van der Waals surface area contributed by atoms with Crippen LogP contribution in [0.4, 0.5) is 0 Å². The van der Waals surface area contributed by atoms with Crippen molar-refractivity contribution in [2.24, 2.45) is 0 Å². The van der Waals surface area contributed by atoms with E-state index >= 15 is 0 Å². The molecule has 80 valence electrons. The van der Waals surface area contributed by atoms with Crippen LogP contribution in [0.3, 0.4) is 0 Å². The summed E-state index contributed by atoms with van der Waals surface area (Å²) in [4.78, 5) is 21.6. The van der Waals surface area contributed by atoms with E-state index in [0.717, 1.165) is 0 Å². The number of phosphoric acid groups is 1. The predicted molar refractivity (Wildman–Crippen MR) is 35.1 cm³/mol. The second kappa shape index (κ2) is 4.67. The fourth-order valence-corrected chi connectivity index (χ4v) is 0.315. The highest BCUT2D eigenvalue weighted by Crippen LogP contribution is 2.25. The molecule has 1 aromatic heterocycles. The summed E-state index contributed by atoms with van der Waals surface area (Å²) >= 11 is 0. The molecule has 0 aliphatic rings. The monoisotopic (exact) mass is 227 g/mol. The smallest absolute Gasteiger partial charge is 0.361 e. The zero-order valence-corrected chi connectivity index (χ0v) is 7.32. The summed E-state index contributed by atoms with van der Waals surface area (Å²) in [6.45, 7) is 0. The zero-order chi connectivity index (χ0) is 11.4. The molecule has 0 amide bonds. The van der Waals surface area contributed by atoms with E-state index in [1.54, 1.807) is 0 Å². The molecular formula is C3H6N3O7P. The van der Waals surface area contributed by atoms with Gasteiger partial charge in [-0.3, -0.25) is 0 Å². The minimum Gasteiger partial charge on any atom is -0.361 e. The molecule has 1 rings (SSSR count). The fraction of sp³-hybridized carbons (Fsp3) is 0. The van der Waals surface area contributed by atoms with E-state index in [1.165, 1.54) is 0 Å². The van der Waals surface area contributed by atoms with Crippen molar-refractivity contribution < 1.29 is 32.5 Å². The van der Waals surface area contributed by atoms with Crippen LogP contribution in [0.15, 0.2) is 13.3 Å². The number of rotatable bonds is 0. The van der Waals surface area contributed by atoms with E-state index in [-0.39, 0.29) is 0 Å². The van der Waals surface area contributed by atoms with Crippen molar-refractivity contribution >= 4 is 7.82 Å². The molecule has 11 heteroatoms. The van der Waals surface area contributed by atoms with Crippen LogP contribution in [0.2, 0.25) is 0 Å². The van der Waals surface area contributed by atoms with Crippen molar-refractivity contribution in [1.82, 2.24) is 0 Å². The van der Waals surface area contributed by atoms with E-state index in [0.29, 0.717) is 0 Å². The van der Waals surface area contributed by atoms with Gasteiger partial charge in [0.1, 0.15) is 0 Å². The summed E-state index contributed by atoms with van der Waals surface area (Å²) in [5, 5.41) is 19.9. The quantitative estimate of drug-likeness (QED) is 0.275. The molecule has 0 aliphatic carbocycles. The Kier molecular flexibility index (Phi) is 4.18. The molecule has 0 unspecified atom stereocenters. The standard InChI is InChI=1S/C3H3N3O3.H3O4P/c4-1-7-2(5)9-3(6)8-1;1-5(2,3)4/h4-6H;(H3,1,2,3,4). The normalized spacial score (nSPS) is 10.2. The molecule has 0 saturated carbocycles. The largest absolute Gasteiger partial charge is 0.466 e. The molecule has 6 N–H and O–H groups in total. The van der Waals surface area contributed by atoms with Gasteiger partial charge < -0.3 is 27.9 Å². The van der Waals surface area contributed by atoms with Crippen molar-refractivity contribution in [2.45, 2.75) is 0 Å². The Bertz CT molecular complexity index is 403. The second-order valence-corrected chi connectivity index (χ2v) is 2.71. The Morgan fingerprint density at radius 1 is 0.857 bits per heavy atom. The minimum atomic E-state index is -4.64. The van der Waals surface area contributed by atoms with Crippen LogP contribution in [0.1, 0.15) is 0 Å². The highest BCUT2D eigenvalue weighted by molar-refractivity contribution is 7.45. The van der Waals surface area contributed by atoms with Gasteiger partial charge in [-0.05, 0) is 0 Å². The first-order chi connectivity index (χ1) is 6.18. The second-order valence-electron chi connectivity index (χ2n) is 1.68. The van der Waals surface area contributed by atoms with Gasteiger partial charge in [-0.15, -0.1) is 0 Å². The third-order valence-electron chi connectivity index (χ3n) is 0.556. The summed E-state index contributed by atoms with van der Waals surface area (Å²) < 4.78 is 21.3. The topological polar surface area (TPSA) is 189 Å². The SMILES string of the molecule is N=c1oc(=N)oc(=N)o1.O=P(O)(O)O. The molecule has 0 radical (unpaired) electrons. The molecule has 0 saturated heterocycles. The maximum atomic E-state index is 8.88. The lowest BCUT2D eigenvalue weighted by Crippen LogP contribution is -2.18. The maximum Gasteiger partial charge on any atom is 0.466 e. The van der Waals surface area contributed by atoms with Crippen molar-refractivity contribution in [3.63, 3.8) is 0 Å². The zero-order valence-electron chi connectivity index (χ0n) is 6.42. The summed E-state index contributed by atoms with van der Waals surface area (Å²) in [6, 6.07) is 0. The Hall–Kier alpha value is -1.48. The van der Waals surface area contributed by atoms with Gasteiger partial charge in [0.25, 0.3) is 0 Å². The maximum absolute atomic E-state index is 8.88. The van der Waals surface area contributed by atoms with E-state index in [9.17, 15) is 0 Å². The molecule has 0 aliphatic heterocycles. The summed E-state index contributed by atoms with van der Waals surface area (Å²) in [5.74, 6) is -1.84. The fourth-order valence-electron chi connectivity index (χ4n) is 0.315. The van der Waals surface area contributed by atoms with Crippen molar-refractivity contribution in [1.29, 1.82) is 16.2 Å². The Morgan fingerprint density at radius 2 is 1.00 bits per heavy atom. The molecule has 0 bridgehead atoms. The lowest BCUT2D eigenvalue weighted by molar-refractivity contribution is 0.105. The first-order valence-electron chi connectivity index (χ1n) is 2.76. The van der Waals surface area contributed by atoms with E-state index in [2.05, 4.69) is 13.3 Å². The Labute approximate surface area is 74.8 Å². The lowest BCUT2D eigenvalue weighted by atomic mass is 11.3. The van der Waals surface area contributed by atoms with Gasteiger partial charge >= 0.3 is 25.1 Å². The van der Waals surface area contributed by atoms with Crippen LogP contribution in [0, 0.1) is 16.2 Å². The molecule has 14 heavy (non-hydrogen) atoms. The van der Waals surface area contributed by atoms with Crippen LogP contribution >= 0.6 is 7.82 Å². The van der Waals surface area contributed by atoms with Gasteiger partial charge in [-0.2, -0.15) is 0 Å². The van der Waals surface area contributed by atoms with Crippen LogP contribution in [0.25, 0.3) is 0 Å². The Morgan fingerprint density at radius 3 is 1.14 bits per heavy atom. The number of nitrogens with one attached hydrogen (secondary N) is 3. The molecule has 1 aromatic rings. The molecule has 0 spiro atoms. The molecule has 0 fully saturated rings. The molecule has 0 atom stereocenters. The molecule has 0 aromatic carbocycles. The Balaban J connectivity index is 0.000000292. The van der Waals surface area contributed by atoms with Crippen LogP contribution in [-0.4, -0.2) is 14.7 Å². The van der Waals surface area contributed by atoms with E-state index in [1.807, 2.05) is 0 Å². The van der Waals surface area contributed by atoms with Crippen LogP contribution < -0.4 is 17.3 Å². The average molecular weight is 227 g/mol. The van der Waals surface area contributed by atoms with Gasteiger partial charge in [0.05, 0.1) is 0 Å². The highest BCUT2D eigenvalue weighted by Gasteiger charge is 2.00. The molecule has 10 nitrogen and oxygen atoms in total. The average Bonchev–Trinajstić information content (AvgIpc) is 1.77. The first kappa shape index (κ1) is 12.5. The predicted octanol–water partition coefficient (Wildman–Crippen LogP) is -2.02. The third-order valence-corrected chi connectivity index (χ3v) is 0.556. The first-order valence-corrected chi connectivity index (χ1v) is 4.32. The summed E-state index contributed by atoms with van der Waals surface area (Å²) in [7, 11) is -4.64. The minimum absolute atomic E-state index is 0.615. The van der Waals surface area contributed by atoms with Crippen molar-refractivity contribution in [3.8, 4) is 0 Å². The van der Waals surface area contributed by atoms with Gasteiger partial charge in [-0.25, -0.2) is 20.8 Å². The van der Waals surface area contributed by atoms with Gasteiger partial charge in [-0.1, -0.05) is 0 Å². The highest BCUT2D eigenvalue weighted by atomic mass is 31.2. The van der Waals surface area contributed by atoms with E-state index in [4.69, 9.17) is 35.5 Å². The third kappa shape index (κ3) is 8.62. The van der Waals surface area contributed by atoms with Crippen molar-refractivity contribution in [3.05, 3.63) is 17.3 Å². The lowest BCUT2D eigenvalue weighted by Gasteiger charge is -1.82. The van der Waals surface area contributed by atoms with Crippen LogP contribution in [0.5, 0.6) is 0 Å². The van der Waals surface area contributed by atoms with Gasteiger partial charge in [0, 0.05) is 0 Å². The van der Waals surface area contributed by atoms with Gasteiger partial charge in [0.2, 0.25) is 0 Å². The van der Waals surface area contributed by atoms with Crippen molar-refractivity contribution in [2.75, 3.05) is 0 Å². The van der Waals surface area contributed by atoms with Crippen LogP contribution in [-0.2, 0) is 4.57 Å². The van der Waals surface area contributed by atoms with Gasteiger partial charge in [0.15, 0.2) is 0 Å².